The summed E-state index contributed by atoms with van der Waals surface area (Å²) < 4.78 is 0. The fourth-order valence-electron chi connectivity index (χ4n) is 1.08. The number of rotatable bonds is 1. The van der Waals surface area contributed by atoms with Gasteiger partial charge in [0, 0.05) is 12.6 Å². The van der Waals surface area contributed by atoms with E-state index in [4.69, 9.17) is 0 Å². The monoisotopic (exact) mass is 162 g/mol. The molecule has 1 N–H and O–H groups in total. The second-order valence-electron chi connectivity index (χ2n) is 2.82. The van der Waals surface area contributed by atoms with Gasteiger partial charge < -0.3 is 5.32 Å². The molecule has 0 bridgehead atoms. The Balaban J connectivity index is 3.13. The van der Waals surface area contributed by atoms with Crippen LogP contribution in [0.2, 0.25) is 0 Å². The van der Waals surface area contributed by atoms with E-state index < -0.39 is 0 Å². The first kappa shape index (κ1) is 8.78. The molecule has 63 valence electrons. The van der Waals surface area contributed by atoms with E-state index in [1.807, 2.05) is 32.0 Å². The van der Waals surface area contributed by atoms with Crippen molar-refractivity contribution in [2.24, 2.45) is 0 Å². The number of benzene rings is 1. The van der Waals surface area contributed by atoms with Gasteiger partial charge in [-0.05, 0) is 25.5 Å². The van der Waals surface area contributed by atoms with E-state index in [1.54, 1.807) is 0 Å². The van der Waals surface area contributed by atoms with Gasteiger partial charge in [0.15, 0.2) is 0 Å². The quantitative estimate of drug-likeness (QED) is 0.670. The third kappa shape index (κ3) is 1.64. The Morgan fingerprint density at radius 2 is 2.08 bits per heavy atom. The first-order chi connectivity index (χ1) is 5.65. The molecule has 1 rings (SSSR count). The van der Waals surface area contributed by atoms with Crippen molar-refractivity contribution < 1.29 is 4.79 Å². The molecule has 1 aromatic carbocycles. The zero-order valence-electron chi connectivity index (χ0n) is 7.35. The normalized spacial score (nSPS) is 9.58. The first-order valence-electron chi connectivity index (χ1n) is 3.80. The van der Waals surface area contributed by atoms with Gasteiger partial charge in [0.2, 0.25) is 0 Å². The van der Waals surface area contributed by atoms with Crippen LogP contribution in [0.25, 0.3) is 0 Å². The molecule has 0 saturated heterocycles. The smallest absolute Gasteiger partial charge is 0.251 e. The molecule has 1 aromatic rings. The standard InChI is InChI=1S/C10H12NO/c1-7-4-5-8(2)9(6-7)10(12)11-3/h4-6H,3H2,1-2H3,(H,11,12). The second kappa shape index (κ2) is 3.39. The minimum absolute atomic E-state index is 0.129. The number of hydrogen-bond donors (Lipinski definition) is 1. The van der Waals surface area contributed by atoms with Gasteiger partial charge in [0.1, 0.15) is 0 Å². The average molecular weight is 162 g/mol. The largest absolute Gasteiger partial charge is 0.350 e. The zero-order valence-corrected chi connectivity index (χ0v) is 7.35. The lowest BCUT2D eigenvalue weighted by Crippen LogP contribution is -2.16. The molecule has 2 nitrogen and oxygen atoms in total. The predicted molar refractivity (Wildman–Crippen MR) is 48.7 cm³/mol. The van der Waals surface area contributed by atoms with E-state index in [0.29, 0.717) is 5.56 Å². The number of carbonyl (C=O) groups is 1. The average Bonchev–Trinajstić information content (AvgIpc) is 2.08. The maximum atomic E-state index is 11.2. The van der Waals surface area contributed by atoms with Gasteiger partial charge >= 0.3 is 0 Å². The summed E-state index contributed by atoms with van der Waals surface area (Å²) in [6, 6.07) is 5.77. The summed E-state index contributed by atoms with van der Waals surface area (Å²) in [4.78, 5) is 11.2. The highest BCUT2D eigenvalue weighted by Gasteiger charge is 2.05. The lowest BCUT2D eigenvalue weighted by Gasteiger charge is -2.04. The molecule has 1 radical (unpaired) electrons. The van der Waals surface area contributed by atoms with E-state index in [2.05, 4.69) is 12.4 Å². The summed E-state index contributed by atoms with van der Waals surface area (Å²) in [6.07, 6.45) is 0. The van der Waals surface area contributed by atoms with Gasteiger partial charge in [-0.2, -0.15) is 0 Å². The highest BCUT2D eigenvalue weighted by Crippen LogP contribution is 2.09. The summed E-state index contributed by atoms with van der Waals surface area (Å²) in [6.45, 7) is 3.86. The lowest BCUT2D eigenvalue weighted by atomic mass is 10.1. The first-order valence-corrected chi connectivity index (χ1v) is 3.80. The third-order valence-corrected chi connectivity index (χ3v) is 1.80. The molecule has 12 heavy (non-hydrogen) atoms. The summed E-state index contributed by atoms with van der Waals surface area (Å²) in [5, 5.41) is 2.36. The maximum absolute atomic E-state index is 11.2. The summed E-state index contributed by atoms with van der Waals surface area (Å²) >= 11 is 0. The van der Waals surface area contributed by atoms with E-state index >= 15 is 0 Å². The van der Waals surface area contributed by atoms with Crippen LogP contribution in [-0.4, -0.2) is 5.91 Å². The summed E-state index contributed by atoms with van der Waals surface area (Å²) in [5.74, 6) is -0.129. The minimum Gasteiger partial charge on any atom is -0.350 e. The number of carbonyl (C=O) groups excluding carboxylic acids is 1. The van der Waals surface area contributed by atoms with Crippen molar-refractivity contribution in [3.05, 3.63) is 41.9 Å². The SMILES string of the molecule is [CH2]NC(=O)c1cc(C)ccc1C. The molecule has 0 heterocycles. The second-order valence-corrected chi connectivity index (χ2v) is 2.82. The van der Waals surface area contributed by atoms with Crippen molar-refractivity contribution in [1.82, 2.24) is 5.32 Å². The molecule has 0 atom stereocenters. The highest BCUT2D eigenvalue weighted by atomic mass is 16.1. The molecule has 0 saturated carbocycles. The zero-order chi connectivity index (χ0) is 9.14. The van der Waals surface area contributed by atoms with Gasteiger partial charge in [-0.3, -0.25) is 4.79 Å². The fourth-order valence-corrected chi connectivity index (χ4v) is 1.08. The highest BCUT2D eigenvalue weighted by molar-refractivity contribution is 5.95. The van der Waals surface area contributed by atoms with Crippen molar-refractivity contribution in [3.63, 3.8) is 0 Å². The third-order valence-electron chi connectivity index (χ3n) is 1.80. The maximum Gasteiger partial charge on any atom is 0.251 e. The van der Waals surface area contributed by atoms with Crippen molar-refractivity contribution in [2.45, 2.75) is 13.8 Å². The van der Waals surface area contributed by atoms with Gasteiger partial charge in [-0.25, -0.2) is 0 Å². The summed E-state index contributed by atoms with van der Waals surface area (Å²) in [7, 11) is 3.33. The molecule has 0 fully saturated rings. The molecule has 0 aliphatic heterocycles. The molecular weight excluding hydrogens is 150 g/mol. The Bertz CT molecular complexity index is 305. The Morgan fingerprint density at radius 1 is 1.42 bits per heavy atom. The molecule has 0 aliphatic rings. The molecule has 2 heteroatoms. The van der Waals surface area contributed by atoms with E-state index in [9.17, 15) is 4.79 Å². The number of hydrogen-bond acceptors (Lipinski definition) is 1. The number of amides is 1. The van der Waals surface area contributed by atoms with E-state index in [-0.39, 0.29) is 5.91 Å². The van der Waals surface area contributed by atoms with Crippen LogP contribution in [0.4, 0.5) is 0 Å². The fraction of sp³-hybridized carbons (Fsp3) is 0.200. The Hall–Kier alpha value is -1.31. The van der Waals surface area contributed by atoms with Crippen LogP contribution >= 0.6 is 0 Å². The molecule has 1 amide bonds. The predicted octanol–water partition coefficient (Wildman–Crippen LogP) is 1.82. The van der Waals surface area contributed by atoms with Crippen molar-refractivity contribution in [2.75, 3.05) is 0 Å². The van der Waals surface area contributed by atoms with Crippen LogP contribution in [0.5, 0.6) is 0 Å². The van der Waals surface area contributed by atoms with Crippen LogP contribution in [0, 0.1) is 20.9 Å². The molecular formula is C10H12NO. The van der Waals surface area contributed by atoms with Gasteiger partial charge in [0.05, 0.1) is 0 Å². The number of nitrogens with one attached hydrogen (secondary N) is 1. The van der Waals surface area contributed by atoms with Crippen LogP contribution in [-0.2, 0) is 0 Å². The minimum atomic E-state index is -0.129. The Labute approximate surface area is 72.6 Å². The van der Waals surface area contributed by atoms with Gasteiger partial charge in [-0.15, -0.1) is 0 Å². The number of aryl methyl sites for hydroxylation is 2. The Morgan fingerprint density at radius 3 is 2.67 bits per heavy atom. The topological polar surface area (TPSA) is 29.1 Å². The van der Waals surface area contributed by atoms with Crippen molar-refractivity contribution >= 4 is 5.91 Å². The Kier molecular flexibility index (Phi) is 2.48. The van der Waals surface area contributed by atoms with Crippen LogP contribution in [0.1, 0.15) is 21.5 Å². The molecule has 0 spiro atoms. The molecule has 0 aromatic heterocycles. The van der Waals surface area contributed by atoms with E-state index in [0.717, 1.165) is 11.1 Å². The van der Waals surface area contributed by atoms with Crippen molar-refractivity contribution in [3.8, 4) is 0 Å². The summed E-state index contributed by atoms with van der Waals surface area (Å²) in [5.41, 5.74) is 2.76. The molecule has 0 aliphatic carbocycles. The molecule has 0 unspecified atom stereocenters. The van der Waals surface area contributed by atoms with Crippen LogP contribution in [0.3, 0.4) is 0 Å². The van der Waals surface area contributed by atoms with Gasteiger partial charge in [-0.1, -0.05) is 17.7 Å². The van der Waals surface area contributed by atoms with Crippen molar-refractivity contribution in [1.29, 1.82) is 0 Å². The van der Waals surface area contributed by atoms with Crippen LogP contribution < -0.4 is 5.32 Å². The van der Waals surface area contributed by atoms with Crippen LogP contribution in [0.15, 0.2) is 18.2 Å². The lowest BCUT2D eigenvalue weighted by molar-refractivity contribution is 0.0968. The van der Waals surface area contributed by atoms with E-state index in [1.165, 1.54) is 0 Å². The van der Waals surface area contributed by atoms with Gasteiger partial charge in [0.25, 0.3) is 5.91 Å².